The number of nitrogens with one attached hydrogen (secondary N) is 1. The quantitative estimate of drug-likeness (QED) is 0.642. The van der Waals surface area contributed by atoms with Gasteiger partial charge >= 0.3 is 0 Å². The molecule has 5 nitrogen and oxygen atoms in total. The Morgan fingerprint density at radius 2 is 1.76 bits per heavy atom. The first kappa shape index (κ1) is 19.4. The maximum absolute atomic E-state index is 12.8. The zero-order valence-corrected chi connectivity index (χ0v) is 16.5. The maximum atomic E-state index is 12.8. The Hall–Kier alpha value is -2.92. The molecule has 4 rings (SSSR count). The molecule has 1 amide bonds. The minimum absolute atomic E-state index is 0.0167. The van der Waals surface area contributed by atoms with E-state index >= 15 is 0 Å². The second kappa shape index (κ2) is 9.52. The highest BCUT2D eigenvalue weighted by atomic mass is 16.5. The van der Waals surface area contributed by atoms with Gasteiger partial charge in [0.1, 0.15) is 0 Å². The average Bonchev–Trinajstić information content (AvgIpc) is 3.20. The lowest BCUT2D eigenvalue weighted by atomic mass is 9.88. The molecule has 1 fully saturated rings. The number of carbonyl (C=O) groups is 1. The predicted molar refractivity (Wildman–Crippen MR) is 114 cm³/mol. The summed E-state index contributed by atoms with van der Waals surface area (Å²) < 4.78 is 7.63. The van der Waals surface area contributed by atoms with Crippen LogP contribution in [-0.2, 0) is 16.1 Å². The van der Waals surface area contributed by atoms with E-state index in [4.69, 9.17) is 4.74 Å². The van der Waals surface area contributed by atoms with Crippen LogP contribution in [0.3, 0.4) is 0 Å². The lowest BCUT2D eigenvalue weighted by molar-refractivity contribution is -0.116. The smallest absolute Gasteiger partial charge is 0.225 e. The van der Waals surface area contributed by atoms with Gasteiger partial charge in [0.15, 0.2) is 0 Å². The molecule has 1 atom stereocenters. The molecule has 3 aromatic rings. The topological polar surface area (TPSA) is 56.2 Å². The van der Waals surface area contributed by atoms with Crippen LogP contribution in [0.25, 0.3) is 0 Å². The number of hydrogen-bond acceptors (Lipinski definition) is 3. The van der Waals surface area contributed by atoms with Crippen molar-refractivity contribution in [3.63, 3.8) is 0 Å². The van der Waals surface area contributed by atoms with Crippen LogP contribution >= 0.6 is 0 Å². The molecule has 1 aliphatic rings. The second-order valence-electron chi connectivity index (χ2n) is 7.57. The molecule has 150 valence electrons. The highest BCUT2D eigenvalue weighted by Gasteiger charge is 2.19. The van der Waals surface area contributed by atoms with Crippen molar-refractivity contribution in [2.75, 3.05) is 11.9 Å². The summed E-state index contributed by atoms with van der Waals surface area (Å²) in [7, 11) is 0. The van der Waals surface area contributed by atoms with Crippen molar-refractivity contribution in [3.8, 4) is 0 Å². The van der Waals surface area contributed by atoms with Crippen LogP contribution in [0.2, 0.25) is 0 Å². The Bertz CT molecular complexity index is 863. The molecule has 1 aromatic heterocycles. The summed E-state index contributed by atoms with van der Waals surface area (Å²) in [5.74, 6) is -0.000689. The van der Waals surface area contributed by atoms with Crippen molar-refractivity contribution >= 4 is 11.6 Å². The van der Waals surface area contributed by atoms with Gasteiger partial charge in [-0.3, -0.25) is 9.48 Å². The minimum Gasteiger partial charge on any atom is -0.376 e. The minimum atomic E-state index is -0.0174. The van der Waals surface area contributed by atoms with Gasteiger partial charge in [-0.1, -0.05) is 60.7 Å². The molecule has 0 radical (unpaired) electrons. The van der Waals surface area contributed by atoms with Crippen LogP contribution in [-0.4, -0.2) is 28.4 Å². The van der Waals surface area contributed by atoms with Crippen LogP contribution in [0.4, 0.5) is 5.69 Å². The van der Waals surface area contributed by atoms with Crippen molar-refractivity contribution in [1.29, 1.82) is 0 Å². The summed E-state index contributed by atoms with van der Waals surface area (Å²) in [4.78, 5) is 12.8. The molecule has 1 N–H and O–H groups in total. The fourth-order valence-corrected chi connectivity index (χ4v) is 3.88. The van der Waals surface area contributed by atoms with Crippen LogP contribution in [0.5, 0.6) is 0 Å². The summed E-state index contributed by atoms with van der Waals surface area (Å²) in [6.45, 7) is 1.56. The SMILES string of the molecule is O=C(CC(c1ccccc1)c1ccccc1)Nc1cnn(CC2CCCCO2)c1. The van der Waals surface area contributed by atoms with Gasteiger partial charge in [0.25, 0.3) is 0 Å². The number of hydrogen-bond donors (Lipinski definition) is 1. The van der Waals surface area contributed by atoms with Gasteiger partial charge in [0.05, 0.1) is 24.5 Å². The van der Waals surface area contributed by atoms with Gasteiger partial charge < -0.3 is 10.1 Å². The van der Waals surface area contributed by atoms with E-state index < -0.39 is 0 Å². The van der Waals surface area contributed by atoms with Crippen molar-refractivity contribution < 1.29 is 9.53 Å². The number of amides is 1. The van der Waals surface area contributed by atoms with Gasteiger partial charge in [-0.15, -0.1) is 0 Å². The standard InChI is InChI=1S/C24H27N3O2/c28-24(26-21-16-25-27(17-21)18-22-13-7-8-14-29-22)15-23(19-9-3-1-4-10-19)20-11-5-2-6-12-20/h1-6,9-12,16-17,22-23H,7-8,13-15,18H2,(H,26,28). The molecule has 0 aliphatic carbocycles. The molecule has 1 unspecified atom stereocenters. The van der Waals surface area contributed by atoms with E-state index in [0.29, 0.717) is 6.42 Å². The Kier molecular flexibility index (Phi) is 6.37. The maximum Gasteiger partial charge on any atom is 0.225 e. The van der Waals surface area contributed by atoms with E-state index in [0.717, 1.165) is 42.8 Å². The molecule has 2 heterocycles. The Labute approximate surface area is 171 Å². The van der Waals surface area contributed by atoms with Gasteiger partial charge in [0, 0.05) is 25.1 Å². The number of nitrogens with zero attached hydrogens (tertiary/aromatic N) is 2. The first-order valence-electron chi connectivity index (χ1n) is 10.3. The summed E-state index contributed by atoms with van der Waals surface area (Å²) in [5, 5.41) is 7.39. The fourth-order valence-electron chi connectivity index (χ4n) is 3.88. The molecule has 5 heteroatoms. The number of anilines is 1. The lowest BCUT2D eigenvalue weighted by Gasteiger charge is -2.22. The molecule has 0 saturated carbocycles. The van der Waals surface area contributed by atoms with Crippen molar-refractivity contribution in [2.24, 2.45) is 0 Å². The van der Waals surface area contributed by atoms with E-state index in [-0.39, 0.29) is 17.9 Å². The number of carbonyl (C=O) groups excluding carboxylic acids is 1. The van der Waals surface area contributed by atoms with Crippen LogP contribution in [0.1, 0.15) is 42.7 Å². The van der Waals surface area contributed by atoms with Crippen LogP contribution in [0, 0.1) is 0 Å². The molecule has 0 bridgehead atoms. The van der Waals surface area contributed by atoms with Crippen LogP contribution in [0.15, 0.2) is 73.1 Å². The molecule has 29 heavy (non-hydrogen) atoms. The van der Waals surface area contributed by atoms with Crippen LogP contribution < -0.4 is 5.32 Å². The molecular formula is C24H27N3O2. The summed E-state index contributed by atoms with van der Waals surface area (Å²) in [5.41, 5.74) is 3.00. The van der Waals surface area contributed by atoms with E-state index in [9.17, 15) is 4.79 Å². The fraction of sp³-hybridized carbons (Fsp3) is 0.333. The van der Waals surface area contributed by atoms with E-state index in [1.165, 1.54) is 6.42 Å². The zero-order valence-electron chi connectivity index (χ0n) is 16.5. The molecule has 0 spiro atoms. The Balaban J connectivity index is 1.41. The van der Waals surface area contributed by atoms with Gasteiger partial charge in [-0.05, 0) is 30.4 Å². The number of benzene rings is 2. The predicted octanol–water partition coefficient (Wildman–Crippen LogP) is 4.61. The number of ether oxygens (including phenoxy) is 1. The monoisotopic (exact) mass is 389 g/mol. The van der Waals surface area contributed by atoms with Gasteiger partial charge in [-0.25, -0.2) is 0 Å². The second-order valence-corrected chi connectivity index (χ2v) is 7.57. The third kappa shape index (κ3) is 5.33. The molecule has 1 saturated heterocycles. The van der Waals surface area contributed by atoms with Gasteiger partial charge in [0.2, 0.25) is 5.91 Å². The largest absolute Gasteiger partial charge is 0.376 e. The number of aromatic nitrogens is 2. The molecular weight excluding hydrogens is 362 g/mol. The lowest BCUT2D eigenvalue weighted by Crippen LogP contribution is -2.24. The van der Waals surface area contributed by atoms with E-state index in [1.54, 1.807) is 6.20 Å². The highest BCUT2D eigenvalue weighted by Crippen LogP contribution is 2.28. The third-order valence-electron chi connectivity index (χ3n) is 5.38. The molecule has 1 aliphatic heterocycles. The Morgan fingerprint density at radius 3 is 2.38 bits per heavy atom. The van der Waals surface area contributed by atoms with E-state index in [1.807, 2.05) is 47.3 Å². The summed E-state index contributed by atoms with van der Waals surface area (Å²) in [6, 6.07) is 20.4. The average molecular weight is 389 g/mol. The normalized spacial score (nSPS) is 16.7. The third-order valence-corrected chi connectivity index (χ3v) is 5.38. The Morgan fingerprint density at radius 1 is 1.07 bits per heavy atom. The molecule has 2 aromatic carbocycles. The van der Waals surface area contributed by atoms with Crippen molar-refractivity contribution in [1.82, 2.24) is 9.78 Å². The summed E-state index contributed by atoms with van der Waals surface area (Å²) >= 11 is 0. The van der Waals surface area contributed by atoms with E-state index in [2.05, 4.69) is 34.7 Å². The van der Waals surface area contributed by atoms with Gasteiger partial charge in [-0.2, -0.15) is 5.10 Å². The van der Waals surface area contributed by atoms with Crippen molar-refractivity contribution in [3.05, 3.63) is 84.2 Å². The number of rotatable bonds is 7. The first-order chi connectivity index (χ1) is 14.3. The van der Waals surface area contributed by atoms with Crippen molar-refractivity contribution in [2.45, 2.75) is 44.2 Å². The first-order valence-corrected chi connectivity index (χ1v) is 10.3. The highest BCUT2D eigenvalue weighted by molar-refractivity contribution is 5.91. The summed E-state index contributed by atoms with van der Waals surface area (Å²) in [6.07, 6.45) is 7.60. The zero-order chi connectivity index (χ0) is 19.9.